The summed E-state index contributed by atoms with van der Waals surface area (Å²) in [6.07, 6.45) is 7.24. The molecule has 0 saturated carbocycles. The van der Waals surface area contributed by atoms with Crippen LogP contribution in [0, 0.1) is 6.92 Å². The third-order valence-corrected chi connectivity index (χ3v) is 4.47. The Balaban J connectivity index is 2.16. The maximum atomic E-state index is 12.6. The zero-order valence-corrected chi connectivity index (χ0v) is 16.7. The Morgan fingerprint density at radius 3 is 2.78 bits per heavy atom. The molecule has 8 heteroatoms. The van der Waals surface area contributed by atoms with Gasteiger partial charge in [0.2, 0.25) is 10.9 Å². The standard InChI is InChI=1S/C19H24N4O3S/c1-4-5-6-9-12-26-17-11-8-7-10-15(17)16(24)13-20-23-18(25)14(2)21-22-19(23)27-3/h7-8,10-11,13H,4-6,9,12H2,1-3H3/b20-13-. The molecule has 0 unspecified atom stereocenters. The normalized spacial score (nSPS) is 11.1. The lowest BCUT2D eigenvalue weighted by molar-refractivity contribution is 0.106. The Labute approximate surface area is 162 Å². The second-order valence-corrected chi connectivity index (χ2v) is 6.68. The highest BCUT2D eigenvalue weighted by Gasteiger charge is 2.12. The van der Waals surface area contributed by atoms with Crippen LogP contribution in [0.25, 0.3) is 0 Å². The molecule has 0 aliphatic rings. The number of thioether (sulfide) groups is 1. The number of carbonyl (C=O) groups is 1. The van der Waals surface area contributed by atoms with Crippen LogP contribution in [0.5, 0.6) is 5.75 Å². The molecule has 0 bridgehead atoms. The molecule has 1 aromatic carbocycles. The van der Waals surface area contributed by atoms with E-state index >= 15 is 0 Å². The molecule has 1 aromatic heterocycles. The number of benzene rings is 1. The Morgan fingerprint density at radius 2 is 2.04 bits per heavy atom. The number of ether oxygens (including phenoxy) is 1. The zero-order valence-electron chi connectivity index (χ0n) is 15.8. The summed E-state index contributed by atoms with van der Waals surface area (Å²) in [6.45, 7) is 4.27. The summed E-state index contributed by atoms with van der Waals surface area (Å²) in [5.41, 5.74) is 0.223. The van der Waals surface area contributed by atoms with E-state index in [-0.39, 0.29) is 11.5 Å². The lowest BCUT2D eigenvalue weighted by atomic mass is 10.1. The van der Waals surface area contributed by atoms with Crippen LogP contribution in [-0.2, 0) is 0 Å². The Kier molecular flexibility index (Phi) is 8.19. The van der Waals surface area contributed by atoms with Crippen molar-refractivity contribution in [3.05, 3.63) is 45.9 Å². The number of Topliss-reactive ketones (excluding diaryl/α,β-unsaturated/α-hetero) is 1. The van der Waals surface area contributed by atoms with Crippen molar-refractivity contribution in [1.82, 2.24) is 14.9 Å². The van der Waals surface area contributed by atoms with E-state index in [1.165, 1.54) is 18.2 Å². The van der Waals surface area contributed by atoms with Crippen molar-refractivity contribution in [3.63, 3.8) is 0 Å². The Morgan fingerprint density at radius 1 is 1.26 bits per heavy atom. The van der Waals surface area contributed by atoms with Crippen molar-refractivity contribution in [1.29, 1.82) is 0 Å². The number of ketones is 1. The zero-order chi connectivity index (χ0) is 19.6. The molecule has 2 rings (SSSR count). The van der Waals surface area contributed by atoms with Gasteiger partial charge in [0, 0.05) is 0 Å². The van der Waals surface area contributed by atoms with E-state index < -0.39 is 5.56 Å². The van der Waals surface area contributed by atoms with Crippen molar-refractivity contribution in [3.8, 4) is 5.75 Å². The first-order chi connectivity index (χ1) is 13.1. The summed E-state index contributed by atoms with van der Waals surface area (Å²) in [6, 6.07) is 7.03. The number of hydrogen-bond acceptors (Lipinski definition) is 7. The van der Waals surface area contributed by atoms with Gasteiger partial charge in [-0.3, -0.25) is 9.59 Å². The van der Waals surface area contributed by atoms with E-state index in [0.717, 1.165) is 30.2 Å². The SMILES string of the molecule is CCCCCCOc1ccccc1C(=O)/C=N\n1c(SC)nnc(C)c1=O. The number of carbonyl (C=O) groups excluding carboxylic acids is 1. The number of rotatable bonds is 10. The minimum absolute atomic E-state index is 0.216. The van der Waals surface area contributed by atoms with Gasteiger partial charge in [0.05, 0.1) is 18.4 Å². The van der Waals surface area contributed by atoms with Gasteiger partial charge in [-0.2, -0.15) is 9.78 Å². The van der Waals surface area contributed by atoms with E-state index in [1.807, 2.05) is 6.07 Å². The highest BCUT2D eigenvalue weighted by Crippen LogP contribution is 2.19. The number of nitrogens with zero attached hydrogens (tertiary/aromatic N) is 4. The minimum Gasteiger partial charge on any atom is -0.493 e. The summed E-state index contributed by atoms with van der Waals surface area (Å²) in [5.74, 6) is 0.180. The molecule has 0 atom stereocenters. The van der Waals surface area contributed by atoms with E-state index in [1.54, 1.807) is 31.4 Å². The lowest BCUT2D eigenvalue weighted by Crippen LogP contribution is -2.24. The minimum atomic E-state index is -0.404. The first-order valence-electron chi connectivity index (χ1n) is 8.89. The first-order valence-corrected chi connectivity index (χ1v) is 10.1. The molecule has 0 saturated heterocycles. The molecule has 1 heterocycles. The van der Waals surface area contributed by atoms with Crippen molar-refractivity contribution in [2.45, 2.75) is 44.7 Å². The van der Waals surface area contributed by atoms with Crippen molar-refractivity contribution >= 4 is 23.8 Å². The van der Waals surface area contributed by atoms with Gasteiger partial charge in [-0.05, 0) is 31.7 Å². The van der Waals surface area contributed by atoms with Crippen molar-refractivity contribution in [2.75, 3.05) is 12.9 Å². The molecule has 0 radical (unpaired) electrons. The number of hydrogen-bond donors (Lipinski definition) is 0. The van der Waals surface area contributed by atoms with Crippen LogP contribution in [0.1, 0.15) is 48.7 Å². The third-order valence-electron chi connectivity index (χ3n) is 3.85. The highest BCUT2D eigenvalue weighted by molar-refractivity contribution is 7.98. The van der Waals surface area contributed by atoms with E-state index in [9.17, 15) is 9.59 Å². The van der Waals surface area contributed by atoms with Gasteiger partial charge in [-0.1, -0.05) is 50.1 Å². The van der Waals surface area contributed by atoms with Crippen LogP contribution in [0.15, 0.2) is 39.3 Å². The summed E-state index contributed by atoms with van der Waals surface area (Å²) in [5, 5.41) is 12.0. The summed E-state index contributed by atoms with van der Waals surface area (Å²) >= 11 is 1.23. The largest absolute Gasteiger partial charge is 0.493 e. The monoisotopic (exact) mass is 388 g/mol. The molecule has 0 aliphatic carbocycles. The van der Waals surface area contributed by atoms with Crippen LogP contribution in [-0.4, -0.2) is 39.7 Å². The number of para-hydroxylation sites is 1. The summed E-state index contributed by atoms with van der Waals surface area (Å²) in [4.78, 5) is 24.8. The van der Waals surface area contributed by atoms with Gasteiger partial charge in [0.15, 0.2) is 0 Å². The van der Waals surface area contributed by atoms with Crippen LogP contribution in [0.2, 0.25) is 0 Å². The van der Waals surface area contributed by atoms with Gasteiger partial charge in [-0.15, -0.1) is 10.2 Å². The molecule has 0 aliphatic heterocycles. The van der Waals surface area contributed by atoms with Crippen molar-refractivity contribution < 1.29 is 9.53 Å². The van der Waals surface area contributed by atoms with Gasteiger partial charge in [0.1, 0.15) is 11.4 Å². The van der Waals surface area contributed by atoms with Crippen LogP contribution in [0.3, 0.4) is 0 Å². The van der Waals surface area contributed by atoms with Crippen LogP contribution < -0.4 is 10.3 Å². The van der Waals surface area contributed by atoms with E-state index in [0.29, 0.717) is 23.1 Å². The average molecular weight is 388 g/mol. The molecule has 2 aromatic rings. The predicted octanol–water partition coefficient (Wildman–Crippen LogP) is 3.34. The number of aryl methyl sites for hydroxylation is 1. The molecule has 0 fully saturated rings. The topological polar surface area (TPSA) is 86.4 Å². The van der Waals surface area contributed by atoms with Crippen LogP contribution in [0.4, 0.5) is 0 Å². The number of aromatic nitrogens is 3. The van der Waals surface area contributed by atoms with Gasteiger partial charge >= 0.3 is 0 Å². The Hall–Kier alpha value is -2.48. The highest BCUT2D eigenvalue weighted by atomic mass is 32.2. The quantitative estimate of drug-likeness (QED) is 0.268. The fourth-order valence-corrected chi connectivity index (χ4v) is 2.78. The molecular weight excluding hydrogens is 364 g/mol. The molecule has 0 N–H and O–H groups in total. The van der Waals surface area contributed by atoms with Crippen LogP contribution >= 0.6 is 11.8 Å². The maximum absolute atomic E-state index is 12.6. The van der Waals surface area contributed by atoms with Gasteiger partial charge < -0.3 is 4.74 Å². The van der Waals surface area contributed by atoms with Gasteiger partial charge in [0.25, 0.3) is 5.56 Å². The fourth-order valence-electron chi connectivity index (χ4n) is 2.36. The smallest absolute Gasteiger partial charge is 0.296 e. The predicted molar refractivity (Wildman–Crippen MR) is 107 cm³/mol. The number of unbranched alkanes of at least 4 members (excludes halogenated alkanes) is 3. The van der Waals surface area contributed by atoms with Gasteiger partial charge in [-0.25, -0.2) is 0 Å². The van der Waals surface area contributed by atoms with Crippen molar-refractivity contribution in [2.24, 2.45) is 5.10 Å². The summed E-state index contributed by atoms with van der Waals surface area (Å²) < 4.78 is 6.85. The molecule has 144 valence electrons. The molecule has 27 heavy (non-hydrogen) atoms. The second-order valence-electron chi connectivity index (χ2n) is 5.90. The molecule has 0 amide bonds. The second kappa shape index (κ2) is 10.6. The lowest BCUT2D eigenvalue weighted by Gasteiger charge is -2.09. The molecular formula is C19H24N4O3S. The fraction of sp³-hybridized carbons (Fsp3) is 0.421. The van der Waals surface area contributed by atoms with E-state index in [4.69, 9.17) is 4.74 Å². The maximum Gasteiger partial charge on any atom is 0.296 e. The Bertz CT molecular complexity index is 864. The first kappa shape index (κ1) is 20.8. The molecule has 0 spiro atoms. The third kappa shape index (κ3) is 5.75. The summed E-state index contributed by atoms with van der Waals surface area (Å²) in [7, 11) is 0. The average Bonchev–Trinajstić information content (AvgIpc) is 2.69. The van der Waals surface area contributed by atoms with E-state index in [2.05, 4.69) is 22.2 Å². The molecule has 7 nitrogen and oxygen atoms in total.